The highest BCUT2D eigenvalue weighted by molar-refractivity contribution is 5.91. The Morgan fingerprint density at radius 1 is 0.848 bits per heavy atom. The highest BCUT2D eigenvalue weighted by Crippen LogP contribution is 2.24. The van der Waals surface area contributed by atoms with Gasteiger partial charge in [-0.1, -0.05) is 6.58 Å². The molecule has 0 aliphatic heterocycles. The fraction of sp³-hybridized carbons (Fsp3) is 0.250. The maximum absolute atomic E-state index is 12.3. The smallest absolute Gasteiger partial charge is 0.463 e. The first-order valence-corrected chi connectivity index (χ1v) is 10.0. The summed E-state index contributed by atoms with van der Waals surface area (Å²) in [7, 11) is 0. The molecule has 0 saturated carbocycles. The van der Waals surface area contributed by atoms with E-state index in [0.717, 1.165) is 6.08 Å². The minimum atomic E-state index is -0.892. The molecule has 9 nitrogen and oxygen atoms in total. The van der Waals surface area contributed by atoms with Gasteiger partial charge in [-0.3, -0.25) is 4.79 Å². The second kappa shape index (κ2) is 12.7. The average molecular weight is 456 g/mol. The zero-order chi connectivity index (χ0) is 24.2. The molecule has 0 heterocycles. The molecule has 0 amide bonds. The Labute approximate surface area is 190 Å². The van der Waals surface area contributed by atoms with E-state index in [4.69, 9.17) is 23.7 Å². The molecule has 0 radical (unpaired) electrons. The number of unbranched alkanes of at least 4 members (excludes halogenated alkanes) is 1. The summed E-state index contributed by atoms with van der Waals surface area (Å²) < 4.78 is 25.1. The number of rotatable bonds is 10. The lowest BCUT2D eigenvalue weighted by molar-refractivity contribution is -0.138. The molecule has 2 rings (SSSR count). The summed E-state index contributed by atoms with van der Waals surface area (Å²) >= 11 is 0. The molecule has 174 valence electrons. The van der Waals surface area contributed by atoms with E-state index < -0.39 is 24.1 Å². The Balaban J connectivity index is 1.78. The summed E-state index contributed by atoms with van der Waals surface area (Å²) in [6.07, 6.45) is 1.20. The molecule has 0 N–H and O–H groups in total. The third kappa shape index (κ3) is 8.86. The molecule has 0 spiro atoms. The van der Waals surface area contributed by atoms with Gasteiger partial charge < -0.3 is 23.7 Å². The van der Waals surface area contributed by atoms with Crippen LogP contribution in [0.2, 0.25) is 0 Å². The highest BCUT2D eigenvalue weighted by Gasteiger charge is 2.12. The third-order valence-electron chi connectivity index (χ3n) is 4.07. The lowest BCUT2D eigenvalue weighted by atomic mass is 10.2. The van der Waals surface area contributed by atoms with Crippen LogP contribution >= 0.6 is 0 Å². The van der Waals surface area contributed by atoms with Gasteiger partial charge in [0.15, 0.2) is 0 Å². The first-order valence-electron chi connectivity index (χ1n) is 10.0. The second-order valence-electron chi connectivity index (χ2n) is 6.71. The van der Waals surface area contributed by atoms with Crippen molar-refractivity contribution in [2.75, 3.05) is 13.2 Å². The fourth-order valence-electron chi connectivity index (χ4n) is 2.50. The molecule has 0 unspecified atom stereocenters. The Hall–Kier alpha value is -4.14. The maximum atomic E-state index is 12.3. The van der Waals surface area contributed by atoms with Crippen molar-refractivity contribution in [3.63, 3.8) is 0 Å². The Bertz CT molecular complexity index is 1010. The minimum Gasteiger partial charge on any atom is -0.463 e. The van der Waals surface area contributed by atoms with Crippen molar-refractivity contribution in [2.24, 2.45) is 0 Å². The van der Waals surface area contributed by atoms with Gasteiger partial charge in [0.05, 0.1) is 18.8 Å². The minimum absolute atomic E-state index is 0.102. The van der Waals surface area contributed by atoms with E-state index >= 15 is 0 Å². The van der Waals surface area contributed by atoms with Crippen LogP contribution in [0.4, 0.5) is 4.79 Å². The number of ether oxygens (including phenoxy) is 5. The number of hydrogen-bond acceptors (Lipinski definition) is 9. The SMILES string of the molecule is C=CC(=O)OCCCCOC(=O)Oc1ccc(C(=O)Oc2ccc(OC(C)=O)c(C)c2)cc1. The van der Waals surface area contributed by atoms with E-state index in [1.54, 1.807) is 13.0 Å². The van der Waals surface area contributed by atoms with Crippen LogP contribution < -0.4 is 14.2 Å². The lowest BCUT2D eigenvalue weighted by Gasteiger charge is -2.09. The normalized spacial score (nSPS) is 10.0. The zero-order valence-corrected chi connectivity index (χ0v) is 18.3. The average Bonchev–Trinajstić information content (AvgIpc) is 2.78. The van der Waals surface area contributed by atoms with Crippen molar-refractivity contribution >= 4 is 24.1 Å². The molecule has 0 aliphatic rings. The lowest BCUT2D eigenvalue weighted by Crippen LogP contribution is -2.13. The van der Waals surface area contributed by atoms with Crippen molar-refractivity contribution in [2.45, 2.75) is 26.7 Å². The molecule has 0 fully saturated rings. The molecule has 9 heteroatoms. The predicted molar refractivity (Wildman–Crippen MR) is 116 cm³/mol. The van der Waals surface area contributed by atoms with Crippen molar-refractivity contribution in [1.82, 2.24) is 0 Å². The van der Waals surface area contributed by atoms with Gasteiger partial charge >= 0.3 is 24.1 Å². The van der Waals surface area contributed by atoms with Gasteiger partial charge in [0.2, 0.25) is 0 Å². The number of carbonyl (C=O) groups is 4. The quantitative estimate of drug-likeness (QED) is 0.171. The third-order valence-corrected chi connectivity index (χ3v) is 4.07. The van der Waals surface area contributed by atoms with Crippen LogP contribution in [-0.2, 0) is 19.1 Å². The van der Waals surface area contributed by atoms with Gasteiger partial charge in [0.1, 0.15) is 17.2 Å². The molecule has 0 aliphatic carbocycles. The van der Waals surface area contributed by atoms with Crippen LogP contribution in [0.5, 0.6) is 17.2 Å². The van der Waals surface area contributed by atoms with Gasteiger partial charge in [-0.2, -0.15) is 0 Å². The van der Waals surface area contributed by atoms with E-state index in [-0.39, 0.29) is 30.3 Å². The molecule has 0 bridgehead atoms. The molecule has 33 heavy (non-hydrogen) atoms. The number of carbonyl (C=O) groups excluding carboxylic acids is 4. The number of hydrogen-bond donors (Lipinski definition) is 0. The van der Waals surface area contributed by atoms with Gasteiger partial charge in [-0.15, -0.1) is 0 Å². The molecule has 0 atom stereocenters. The summed E-state index contributed by atoms with van der Waals surface area (Å²) in [6.45, 7) is 6.61. The fourth-order valence-corrected chi connectivity index (χ4v) is 2.50. The van der Waals surface area contributed by atoms with Gasteiger partial charge in [0.25, 0.3) is 0 Å². The Morgan fingerprint density at radius 3 is 2.09 bits per heavy atom. The number of esters is 3. The van der Waals surface area contributed by atoms with E-state index in [1.807, 2.05) is 0 Å². The first-order chi connectivity index (χ1) is 15.8. The van der Waals surface area contributed by atoms with Crippen LogP contribution in [-0.4, -0.2) is 37.3 Å². The molecule has 0 saturated heterocycles. The first kappa shape index (κ1) is 25.1. The topological polar surface area (TPSA) is 114 Å². The zero-order valence-electron chi connectivity index (χ0n) is 18.3. The number of benzene rings is 2. The number of aryl methyl sites for hydroxylation is 1. The molecular weight excluding hydrogens is 432 g/mol. The van der Waals surface area contributed by atoms with E-state index in [1.165, 1.54) is 43.3 Å². The van der Waals surface area contributed by atoms with Crippen LogP contribution in [0.1, 0.15) is 35.7 Å². The summed E-state index contributed by atoms with van der Waals surface area (Å²) in [5, 5.41) is 0. The van der Waals surface area contributed by atoms with Crippen molar-refractivity contribution < 1.29 is 42.9 Å². The van der Waals surface area contributed by atoms with Crippen LogP contribution in [0.25, 0.3) is 0 Å². The maximum Gasteiger partial charge on any atom is 0.513 e. The van der Waals surface area contributed by atoms with Crippen LogP contribution in [0.3, 0.4) is 0 Å². The molecule has 2 aromatic rings. The predicted octanol–water partition coefficient (Wildman–Crippen LogP) is 4.16. The Morgan fingerprint density at radius 2 is 1.48 bits per heavy atom. The molecule has 0 aromatic heterocycles. The second-order valence-corrected chi connectivity index (χ2v) is 6.71. The van der Waals surface area contributed by atoms with Crippen molar-refractivity contribution in [3.8, 4) is 17.2 Å². The van der Waals surface area contributed by atoms with Crippen LogP contribution in [0, 0.1) is 6.92 Å². The standard InChI is InChI=1S/C24H24O9/c1-4-22(26)29-13-5-6-14-30-24(28)33-19-9-7-18(8-10-19)23(27)32-20-11-12-21(16(2)15-20)31-17(3)25/h4,7-12,15H,1,5-6,13-14H2,2-3H3. The van der Waals surface area contributed by atoms with Gasteiger partial charge in [-0.05, 0) is 67.8 Å². The van der Waals surface area contributed by atoms with E-state index in [9.17, 15) is 19.2 Å². The monoisotopic (exact) mass is 456 g/mol. The van der Waals surface area contributed by atoms with Crippen molar-refractivity contribution in [3.05, 3.63) is 66.2 Å². The van der Waals surface area contributed by atoms with E-state index in [2.05, 4.69) is 6.58 Å². The largest absolute Gasteiger partial charge is 0.513 e. The Kier molecular flexibility index (Phi) is 9.63. The summed E-state index contributed by atoms with van der Waals surface area (Å²) in [5.74, 6) is -0.696. The van der Waals surface area contributed by atoms with Gasteiger partial charge in [-0.25, -0.2) is 14.4 Å². The summed E-state index contributed by atoms with van der Waals surface area (Å²) in [5.41, 5.74) is 0.877. The molecular formula is C24H24O9. The van der Waals surface area contributed by atoms with Gasteiger partial charge in [0, 0.05) is 13.0 Å². The van der Waals surface area contributed by atoms with E-state index in [0.29, 0.717) is 24.2 Å². The molecule has 2 aromatic carbocycles. The summed E-state index contributed by atoms with van der Waals surface area (Å²) in [6, 6.07) is 10.4. The summed E-state index contributed by atoms with van der Waals surface area (Å²) in [4.78, 5) is 46.0. The highest BCUT2D eigenvalue weighted by atomic mass is 16.7. The van der Waals surface area contributed by atoms with Crippen LogP contribution in [0.15, 0.2) is 55.1 Å². The van der Waals surface area contributed by atoms with Crippen molar-refractivity contribution in [1.29, 1.82) is 0 Å².